The molecule has 0 saturated heterocycles. The van der Waals surface area contributed by atoms with Gasteiger partial charge in [-0.15, -0.1) is 0 Å². The predicted molar refractivity (Wildman–Crippen MR) is 121 cm³/mol. The molecule has 0 aliphatic carbocycles. The average molecular weight is 420 g/mol. The molecule has 1 aromatic heterocycles. The van der Waals surface area contributed by atoms with Crippen LogP contribution in [0.2, 0.25) is 0 Å². The molecular formula is C22H37N5O3. The van der Waals surface area contributed by atoms with E-state index in [0.29, 0.717) is 38.8 Å². The number of ether oxygens (including phenoxy) is 1. The minimum absolute atomic E-state index is 0.165. The van der Waals surface area contributed by atoms with Crippen LogP contribution in [-0.4, -0.2) is 50.1 Å². The van der Waals surface area contributed by atoms with E-state index in [2.05, 4.69) is 35.4 Å². The van der Waals surface area contributed by atoms with E-state index in [1.165, 1.54) is 23.6 Å². The summed E-state index contributed by atoms with van der Waals surface area (Å²) in [7, 11) is 1.35. The number of carbonyl (C=O) groups is 2. The number of fused-ring (bicyclic) bond motifs is 1. The first-order chi connectivity index (χ1) is 14.4. The number of carbonyl (C=O) groups excluding carboxylic acids is 2. The van der Waals surface area contributed by atoms with Crippen LogP contribution in [-0.2, 0) is 14.3 Å². The number of H-pyrrole nitrogens is 1. The number of aromatic nitrogens is 1. The molecule has 0 aliphatic heterocycles. The van der Waals surface area contributed by atoms with Gasteiger partial charge in [0.05, 0.1) is 12.5 Å². The second kappa shape index (κ2) is 13.7. The maximum atomic E-state index is 12.1. The number of esters is 1. The van der Waals surface area contributed by atoms with Crippen molar-refractivity contribution in [1.82, 2.24) is 10.3 Å². The summed E-state index contributed by atoms with van der Waals surface area (Å²) >= 11 is 0. The van der Waals surface area contributed by atoms with Crippen LogP contribution >= 0.6 is 0 Å². The van der Waals surface area contributed by atoms with Crippen LogP contribution in [0.3, 0.4) is 0 Å². The van der Waals surface area contributed by atoms with Crippen LogP contribution in [0.5, 0.6) is 0 Å². The van der Waals surface area contributed by atoms with E-state index in [0.717, 1.165) is 0 Å². The van der Waals surface area contributed by atoms with Gasteiger partial charge in [-0.05, 0) is 57.3 Å². The zero-order chi connectivity index (χ0) is 22.4. The molecule has 168 valence electrons. The van der Waals surface area contributed by atoms with Gasteiger partial charge in [-0.3, -0.25) is 9.59 Å². The Labute approximate surface area is 178 Å². The molecule has 1 heterocycles. The van der Waals surface area contributed by atoms with Crippen LogP contribution < -0.4 is 22.5 Å². The summed E-state index contributed by atoms with van der Waals surface area (Å²) in [4.78, 5) is 26.9. The van der Waals surface area contributed by atoms with Gasteiger partial charge in [0.15, 0.2) is 0 Å². The Morgan fingerprint density at radius 3 is 2.23 bits per heavy atom. The van der Waals surface area contributed by atoms with Crippen molar-refractivity contribution < 1.29 is 14.3 Å². The number of hydrogen-bond acceptors (Lipinski definition) is 6. The highest BCUT2D eigenvalue weighted by atomic mass is 16.5. The topological polar surface area (TPSA) is 149 Å². The van der Waals surface area contributed by atoms with E-state index in [1.54, 1.807) is 0 Å². The first kappa shape index (κ1) is 25.6. The van der Waals surface area contributed by atoms with Crippen molar-refractivity contribution in [2.75, 3.05) is 33.3 Å². The number of hydrogen-bond donors (Lipinski definition) is 5. The Balaban J connectivity index is 0.000000367. The van der Waals surface area contributed by atoms with Crippen molar-refractivity contribution in [2.45, 2.75) is 39.0 Å². The van der Waals surface area contributed by atoms with E-state index in [9.17, 15) is 9.59 Å². The molecule has 30 heavy (non-hydrogen) atoms. The molecule has 8 heteroatoms. The fourth-order valence-electron chi connectivity index (χ4n) is 3.38. The molecule has 1 amide bonds. The lowest BCUT2D eigenvalue weighted by Crippen LogP contribution is -2.44. The van der Waals surface area contributed by atoms with Gasteiger partial charge in [0.1, 0.15) is 0 Å². The predicted octanol–water partition coefficient (Wildman–Crippen LogP) is 1.56. The Bertz CT molecular complexity index is 767. The number of aromatic amines is 1. The molecular weight excluding hydrogens is 382 g/mol. The molecule has 0 fully saturated rings. The van der Waals surface area contributed by atoms with Crippen molar-refractivity contribution in [3.8, 4) is 0 Å². The zero-order valence-electron chi connectivity index (χ0n) is 18.2. The van der Waals surface area contributed by atoms with Crippen molar-refractivity contribution in [3.63, 3.8) is 0 Å². The lowest BCUT2D eigenvalue weighted by Gasteiger charge is -2.31. The van der Waals surface area contributed by atoms with Crippen LogP contribution in [0.25, 0.3) is 10.9 Å². The highest BCUT2D eigenvalue weighted by molar-refractivity contribution is 5.82. The summed E-state index contributed by atoms with van der Waals surface area (Å²) in [5.74, 6) is -0.492. The monoisotopic (exact) mass is 419 g/mol. The molecule has 1 aromatic carbocycles. The maximum Gasteiger partial charge on any atom is 0.313 e. The third-order valence-corrected chi connectivity index (χ3v) is 5.13. The summed E-state index contributed by atoms with van der Waals surface area (Å²) in [5.41, 5.74) is 18.2. The fraction of sp³-hybridized carbons (Fsp3) is 0.545. The van der Waals surface area contributed by atoms with Crippen LogP contribution in [0.15, 0.2) is 30.5 Å². The molecule has 8 nitrogen and oxygen atoms in total. The highest BCUT2D eigenvalue weighted by Crippen LogP contribution is 2.30. The fourth-order valence-corrected chi connectivity index (χ4v) is 3.38. The quantitative estimate of drug-likeness (QED) is 0.349. The van der Waals surface area contributed by atoms with Crippen LogP contribution in [0.1, 0.15) is 37.7 Å². The number of methoxy groups -OCH3 is 1. The van der Waals surface area contributed by atoms with Crippen molar-refractivity contribution in [1.29, 1.82) is 0 Å². The number of para-hydroxylation sites is 1. The number of benzene rings is 1. The molecule has 0 atom stereocenters. The third-order valence-electron chi connectivity index (χ3n) is 5.13. The maximum absolute atomic E-state index is 12.1. The van der Waals surface area contributed by atoms with Gasteiger partial charge in [0, 0.05) is 36.6 Å². The van der Waals surface area contributed by atoms with Gasteiger partial charge in [0.2, 0.25) is 5.91 Å². The molecule has 0 aliphatic rings. The standard InChI is InChI=1S/C13H28N4O3.C9H9N/c1-20-12(19)13(5-2-7-14,6-3-8-15)10-17-11(18)4-9-16;1-7-6-10-9-5-3-2-4-8(7)9/h2-10,14-16H2,1H3,(H,17,18);2-6,10H,1H3. The van der Waals surface area contributed by atoms with Gasteiger partial charge in [-0.25, -0.2) is 0 Å². The molecule has 0 unspecified atom stereocenters. The van der Waals surface area contributed by atoms with E-state index in [4.69, 9.17) is 21.9 Å². The Hall–Kier alpha value is -2.42. The van der Waals surface area contributed by atoms with Gasteiger partial charge < -0.3 is 32.2 Å². The van der Waals surface area contributed by atoms with Gasteiger partial charge in [0.25, 0.3) is 0 Å². The van der Waals surface area contributed by atoms with Crippen LogP contribution in [0, 0.1) is 12.3 Å². The molecule has 0 spiro atoms. The number of aryl methyl sites for hydroxylation is 1. The number of rotatable bonds is 11. The van der Waals surface area contributed by atoms with Gasteiger partial charge in [-0.1, -0.05) is 18.2 Å². The lowest BCUT2D eigenvalue weighted by molar-refractivity contribution is -0.154. The molecule has 0 radical (unpaired) electrons. The first-order valence-corrected chi connectivity index (χ1v) is 10.4. The third kappa shape index (κ3) is 7.78. The molecule has 0 bridgehead atoms. The minimum Gasteiger partial charge on any atom is -0.469 e. The van der Waals surface area contributed by atoms with Crippen molar-refractivity contribution in [2.24, 2.45) is 22.6 Å². The molecule has 2 aromatic rings. The second-order valence-electron chi connectivity index (χ2n) is 7.39. The largest absolute Gasteiger partial charge is 0.469 e. The minimum atomic E-state index is -0.752. The Morgan fingerprint density at radius 2 is 1.70 bits per heavy atom. The number of nitrogens with one attached hydrogen (secondary N) is 2. The summed E-state index contributed by atoms with van der Waals surface area (Å²) < 4.78 is 4.91. The van der Waals surface area contributed by atoms with E-state index >= 15 is 0 Å². The lowest BCUT2D eigenvalue weighted by atomic mass is 9.78. The summed E-state index contributed by atoms with van der Waals surface area (Å²) in [6.07, 6.45) is 4.78. The van der Waals surface area contributed by atoms with E-state index < -0.39 is 5.41 Å². The molecule has 0 saturated carbocycles. The second-order valence-corrected chi connectivity index (χ2v) is 7.39. The Kier molecular flexibility index (Phi) is 11.7. The smallest absolute Gasteiger partial charge is 0.313 e. The van der Waals surface area contributed by atoms with E-state index in [-0.39, 0.29) is 31.4 Å². The molecule has 8 N–H and O–H groups in total. The van der Waals surface area contributed by atoms with Gasteiger partial charge in [-0.2, -0.15) is 0 Å². The molecule has 2 rings (SSSR count). The van der Waals surface area contributed by atoms with Crippen LogP contribution in [0.4, 0.5) is 0 Å². The number of amides is 1. The highest BCUT2D eigenvalue weighted by Gasteiger charge is 2.38. The number of nitrogens with two attached hydrogens (primary N) is 3. The van der Waals surface area contributed by atoms with Gasteiger partial charge >= 0.3 is 5.97 Å². The average Bonchev–Trinajstić information content (AvgIpc) is 3.15. The SMILES string of the molecule is COC(=O)C(CCCN)(CCCN)CNC(=O)CCN.Cc1c[nH]c2ccccc12. The summed E-state index contributed by atoms with van der Waals surface area (Å²) in [6, 6.07) is 8.31. The summed E-state index contributed by atoms with van der Waals surface area (Å²) in [6.45, 7) is 3.59. The van der Waals surface area contributed by atoms with E-state index in [1.807, 2.05) is 12.3 Å². The van der Waals surface area contributed by atoms with Crippen molar-refractivity contribution >= 4 is 22.8 Å². The normalized spacial score (nSPS) is 11.0. The first-order valence-electron chi connectivity index (χ1n) is 10.4. The van der Waals surface area contributed by atoms with Crippen molar-refractivity contribution in [3.05, 3.63) is 36.0 Å². The zero-order valence-corrected chi connectivity index (χ0v) is 18.2. The Morgan fingerprint density at radius 1 is 1.07 bits per heavy atom. The summed E-state index contributed by atoms with van der Waals surface area (Å²) in [5, 5.41) is 4.08.